The molecule has 31 heavy (non-hydrogen) atoms. The van der Waals surface area contributed by atoms with E-state index in [-0.39, 0.29) is 28.7 Å². The standard InChI is InChI=1S/C23H19ClN2O5/c24-20-13-18(26(29)30)11-12-21(20)25-22(27)15-31-23(28)14-19(16-7-3-1-4-8-16)17-9-5-2-6-10-17/h1-13,19H,14-15H2,(H,25,27). The van der Waals surface area contributed by atoms with Crippen LogP contribution in [0.4, 0.5) is 11.4 Å². The van der Waals surface area contributed by atoms with Crippen LogP contribution in [0, 0.1) is 10.1 Å². The number of amides is 1. The van der Waals surface area contributed by atoms with Crippen LogP contribution in [0.25, 0.3) is 0 Å². The Morgan fingerprint density at radius 3 is 2.06 bits per heavy atom. The van der Waals surface area contributed by atoms with E-state index in [4.69, 9.17) is 16.3 Å². The Hall–Kier alpha value is -3.71. The third kappa shape index (κ3) is 6.13. The SMILES string of the molecule is O=C(COC(=O)CC(c1ccccc1)c1ccccc1)Nc1ccc([N+](=O)[O-])cc1Cl. The first kappa shape index (κ1) is 22.0. The highest BCUT2D eigenvalue weighted by Gasteiger charge is 2.20. The largest absolute Gasteiger partial charge is 0.456 e. The van der Waals surface area contributed by atoms with E-state index in [1.165, 1.54) is 12.1 Å². The highest BCUT2D eigenvalue weighted by Crippen LogP contribution is 2.29. The van der Waals surface area contributed by atoms with Crippen molar-refractivity contribution in [1.29, 1.82) is 0 Å². The van der Waals surface area contributed by atoms with Crippen LogP contribution in [-0.4, -0.2) is 23.4 Å². The van der Waals surface area contributed by atoms with Gasteiger partial charge in [-0.25, -0.2) is 0 Å². The van der Waals surface area contributed by atoms with Gasteiger partial charge in [0, 0.05) is 18.1 Å². The van der Waals surface area contributed by atoms with Crippen LogP contribution in [0.3, 0.4) is 0 Å². The van der Waals surface area contributed by atoms with E-state index in [0.717, 1.165) is 17.2 Å². The van der Waals surface area contributed by atoms with Gasteiger partial charge in [0.05, 0.1) is 22.1 Å². The van der Waals surface area contributed by atoms with Crippen molar-refractivity contribution in [3.8, 4) is 0 Å². The van der Waals surface area contributed by atoms with Crippen molar-refractivity contribution in [2.75, 3.05) is 11.9 Å². The third-order valence-corrected chi connectivity index (χ3v) is 4.89. The first-order chi connectivity index (χ1) is 14.9. The predicted molar refractivity (Wildman–Crippen MR) is 117 cm³/mol. The topological polar surface area (TPSA) is 98.5 Å². The number of esters is 1. The van der Waals surface area contributed by atoms with E-state index in [0.29, 0.717) is 0 Å². The van der Waals surface area contributed by atoms with Crippen LogP contribution in [-0.2, 0) is 14.3 Å². The van der Waals surface area contributed by atoms with Gasteiger partial charge in [0.1, 0.15) is 0 Å². The molecule has 158 valence electrons. The number of nitro benzene ring substituents is 1. The zero-order valence-corrected chi connectivity index (χ0v) is 17.1. The lowest BCUT2D eigenvalue weighted by molar-refractivity contribution is -0.384. The Morgan fingerprint density at radius 2 is 1.55 bits per heavy atom. The summed E-state index contributed by atoms with van der Waals surface area (Å²) in [7, 11) is 0. The molecule has 3 rings (SSSR count). The molecule has 3 aromatic carbocycles. The number of carbonyl (C=O) groups is 2. The summed E-state index contributed by atoms with van der Waals surface area (Å²) in [5.41, 5.74) is 1.93. The lowest BCUT2D eigenvalue weighted by Crippen LogP contribution is -2.22. The number of non-ortho nitro benzene ring substituents is 1. The molecular weight excluding hydrogens is 420 g/mol. The summed E-state index contributed by atoms with van der Waals surface area (Å²) in [6, 6.07) is 22.8. The minimum Gasteiger partial charge on any atom is -0.456 e. The fraction of sp³-hybridized carbons (Fsp3) is 0.130. The van der Waals surface area contributed by atoms with Crippen molar-refractivity contribution in [2.45, 2.75) is 12.3 Å². The second-order valence-electron chi connectivity index (χ2n) is 6.71. The maximum absolute atomic E-state index is 12.4. The average molecular weight is 439 g/mol. The molecule has 3 aromatic rings. The van der Waals surface area contributed by atoms with E-state index in [1.807, 2.05) is 60.7 Å². The monoisotopic (exact) mass is 438 g/mol. The number of benzene rings is 3. The fourth-order valence-corrected chi connectivity index (χ4v) is 3.30. The van der Waals surface area contributed by atoms with Crippen LogP contribution in [0.5, 0.6) is 0 Å². The van der Waals surface area contributed by atoms with Crippen LogP contribution in [0.15, 0.2) is 78.9 Å². The molecule has 0 aliphatic rings. The van der Waals surface area contributed by atoms with Gasteiger partial charge >= 0.3 is 5.97 Å². The molecule has 0 bridgehead atoms. The number of hydrogen-bond acceptors (Lipinski definition) is 5. The van der Waals surface area contributed by atoms with Gasteiger partial charge in [0.2, 0.25) is 0 Å². The molecule has 0 fully saturated rings. The molecule has 0 aliphatic heterocycles. The molecule has 0 aromatic heterocycles. The predicted octanol–water partition coefficient (Wildman–Crippen LogP) is 4.95. The summed E-state index contributed by atoms with van der Waals surface area (Å²) in [5, 5.41) is 13.3. The summed E-state index contributed by atoms with van der Waals surface area (Å²) in [6.45, 7) is -0.498. The van der Waals surface area contributed by atoms with Gasteiger partial charge < -0.3 is 10.1 Å². The molecule has 7 nitrogen and oxygen atoms in total. The van der Waals surface area contributed by atoms with Crippen molar-refractivity contribution in [3.63, 3.8) is 0 Å². The zero-order valence-electron chi connectivity index (χ0n) is 16.4. The number of rotatable bonds is 8. The van der Waals surface area contributed by atoms with E-state index >= 15 is 0 Å². The van der Waals surface area contributed by atoms with Gasteiger partial charge in [-0.15, -0.1) is 0 Å². The molecule has 0 unspecified atom stereocenters. The van der Waals surface area contributed by atoms with Crippen molar-refractivity contribution >= 4 is 34.9 Å². The van der Waals surface area contributed by atoms with Crippen molar-refractivity contribution in [1.82, 2.24) is 0 Å². The second-order valence-corrected chi connectivity index (χ2v) is 7.12. The maximum Gasteiger partial charge on any atom is 0.307 e. The molecule has 0 atom stereocenters. The first-order valence-corrected chi connectivity index (χ1v) is 9.81. The van der Waals surface area contributed by atoms with Gasteiger partial charge in [0.25, 0.3) is 11.6 Å². The normalized spacial score (nSPS) is 10.5. The van der Waals surface area contributed by atoms with Crippen LogP contribution in [0.1, 0.15) is 23.5 Å². The molecular formula is C23H19ClN2O5. The summed E-state index contributed by atoms with van der Waals surface area (Å²) >= 11 is 5.96. The van der Waals surface area contributed by atoms with E-state index in [2.05, 4.69) is 5.32 Å². The molecule has 0 saturated heterocycles. The van der Waals surface area contributed by atoms with Gasteiger partial charge in [-0.05, 0) is 17.2 Å². The summed E-state index contributed by atoms with van der Waals surface area (Å²) in [5.74, 6) is -1.33. The lowest BCUT2D eigenvalue weighted by Gasteiger charge is -2.17. The highest BCUT2D eigenvalue weighted by molar-refractivity contribution is 6.34. The summed E-state index contributed by atoms with van der Waals surface area (Å²) < 4.78 is 5.15. The van der Waals surface area contributed by atoms with E-state index < -0.39 is 23.4 Å². The van der Waals surface area contributed by atoms with Gasteiger partial charge in [-0.3, -0.25) is 19.7 Å². The summed E-state index contributed by atoms with van der Waals surface area (Å²) in [6.07, 6.45) is 0.0690. The van der Waals surface area contributed by atoms with Crippen LogP contribution in [0.2, 0.25) is 5.02 Å². The minimum absolute atomic E-state index is 0.0158. The number of nitrogens with one attached hydrogen (secondary N) is 1. The molecule has 0 heterocycles. The Bertz CT molecular complexity index is 1030. The lowest BCUT2D eigenvalue weighted by atomic mass is 9.89. The fourth-order valence-electron chi connectivity index (χ4n) is 3.08. The number of carbonyl (C=O) groups excluding carboxylic acids is 2. The third-order valence-electron chi connectivity index (χ3n) is 4.58. The van der Waals surface area contributed by atoms with E-state index in [1.54, 1.807) is 0 Å². The minimum atomic E-state index is -0.597. The molecule has 0 spiro atoms. The second kappa shape index (κ2) is 10.4. The zero-order chi connectivity index (χ0) is 22.2. The number of anilines is 1. The smallest absolute Gasteiger partial charge is 0.307 e. The highest BCUT2D eigenvalue weighted by atomic mass is 35.5. The van der Waals surface area contributed by atoms with Gasteiger partial charge in [0.15, 0.2) is 6.61 Å². The summed E-state index contributed by atoms with van der Waals surface area (Å²) in [4.78, 5) is 34.7. The van der Waals surface area contributed by atoms with Crippen LogP contribution >= 0.6 is 11.6 Å². The molecule has 8 heteroatoms. The van der Waals surface area contributed by atoms with Gasteiger partial charge in [-0.2, -0.15) is 0 Å². The Kier molecular flexibility index (Phi) is 7.35. The quantitative estimate of drug-likeness (QED) is 0.304. The van der Waals surface area contributed by atoms with Crippen LogP contribution < -0.4 is 5.32 Å². The average Bonchev–Trinajstić information content (AvgIpc) is 2.78. The van der Waals surface area contributed by atoms with Crippen molar-refractivity contribution in [3.05, 3.63) is 105 Å². The number of hydrogen-bond donors (Lipinski definition) is 1. The Labute approximate surface area is 183 Å². The Morgan fingerprint density at radius 1 is 0.968 bits per heavy atom. The number of nitrogens with zero attached hydrogens (tertiary/aromatic N) is 1. The molecule has 1 amide bonds. The molecule has 0 saturated carbocycles. The van der Waals surface area contributed by atoms with Gasteiger partial charge in [-0.1, -0.05) is 72.3 Å². The maximum atomic E-state index is 12.4. The molecule has 0 radical (unpaired) electrons. The number of ether oxygens (including phenoxy) is 1. The van der Waals surface area contributed by atoms with Crippen molar-refractivity contribution in [2.24, 2.45) is 0 Å². The molecule has 0 aliphatic carbocycles. The van der Waals surface area contributed by atoms with Crippen molar-refractivity contribution < 1.29 is 19.2 Å². The number of halogens is 1. The first-order valence-electron chi connectivity index (χ1n) is 9.43. The molecule has 1 N–H and O–H groups in total. The number of nitro groups is 1. The van der Waals surface area contributed by atoms with E-state index in [9.17, 15) is 19.7 Å². The Balaban J connectivity index is 1.60.